The van der Waals surface area contributed by atoms with Crippen LogP contribution in [0.1, 0.15) is 51.8 Å². The van der Waals surface area contributed by atoms with Gasteiger partial charge < -0.3 is 4.90 Å². The maximum Gasteiger partial charge on any atom is 0.328 e. The summed E-state index contributed by atoms with van der Waals surface area (Å²) in [6.45, 7) is 6.73. The van der Waals surface area contributed by atoms with Crippen molar-refractivity contribution in [2.24, 2.45) is 14.1 Å². The van der Waals surface area contributed by atoms with Gasteiger partial charge in [0, 0.05) is 53.4 Å². The van der Waals surface area contributed by atoms with Crippen LogP contribution in [0.3, 0.4) is 0 Å². The summed E-state index contributed by atoms with van der Waals surface area (Å²) in [6, 6.07) is 4.26. The number of hydrogen-bond acceptors (Lipinski definition) is 5. The molecule has 0 bridgehead atoms. The summed E-state index contributed by atoms with van der Waals surface area (Å²) in [6.07, 6.45) is 3.80. The van der Waals surface area contributed by atoms with Crippen LogP contribution in [0, 0.1) is 13.8 Å². The molecular weight excluding hydrogens is 404 g/mol. The Bertz CT molecular complexity index is 1240. The van der Waals surface area contributed by atoms with E-state index in [4.69, 9.17) is 4.98 Å². The first-order chi connectivity index (χ1) is 15.2. The number of nitrogens with zero attached hydrogens (tertiary/aromatic N) is 6. The summed E-state index contributed by atoms with van der Waals surface area (Å²) in [4.78, 5) is 37.9. The Morgan fingerprint density at radius 2 is 1.84 bits per heavy atom. The van der Waals surface area contributed by atoms with Gasteiger partial charge in [-0.25, -0.2) is 14.8 Å². The van der Waals surface area contributed by atoms with Gasteiger partial charge in [-0.1, -0.05) is 0 Å². The molecule has 1 amide bonds. The van der Waals surface area contributed by atoms with Crippen molar-refractivity contribution in [3.05, 3.63) is 57.0 Å². The van der Waals surface area contributed by atoms with Gasteiger partial charge >= 0.3 is 5.69 Å². The molecule has 3 heterocycles. The molecule has 32 heavy (non-hydrogen) atoms. The number of rotatable bonds is 4. The predicted molar refractivity (Wildman–Crippen MR) is 125 cm³/mol. The second-order valence-electron chi connectivity index (χ2n) is 9.17. The second kappa shape index (κ2) is 8.50. The maximum absolute atomic E-state index is 12.3. The minimum atomic E-state index is -0.0690. The first-order valence-corrected chi connectivity index (χ1v) is 11.1. The number of imidazole rings is 1. The normalized spacial score (nSPS) is 17.1. The lowest BCUT2D eigenvalue weighted by molar-refractivity contribution is 0.0825. The van der Waals surface area contributed by atoms with Crippen molar-refractivity contribution in [3.63, 3.8) is 0 Å². The third-order valence-corrected chi connectivity index (χ3v) is 6.63. The highest BCUT2D eigenvalue weighted by atomic mass is 16.2. The number of carbonyl (C=O) groups excluding carboxylic acids is 1. The summed E-state index contributed by atoms with van der Waals surface area (Å²) >= 11 is 0. The number of piperidine rings is 1. The largest absolute Gasteiger partial charge is 0.345 e. The summed E-state index contributed by atoms with van der Waals surface area (Å²) in [5, 5.41) is 0. The number of benzene rings is 1. The van der Waals surface area contributed by atoms with E-state index in [2.05, 4.69) is 28.9 Å². The molecule has 1 aliphatic rings. The van der Waals surface area contributed by atoms with Gasteiger partial charge in [0.15, 0.2) is 0 Å². The van der Waals surface area contributed by atoms with Gasteiger partial charge in [0.2, 0.25) is 0 Å². The molecule has 0 N–H and O–H groups in total. The second-order valence-corrected chi connectivity index (χ2v) is 9.17. The number of aromatic nitrogens is 4. The van der Waals surface area contributed by atoms with Crippen LogP contribution in [-0.2, 0) is 20.6 Å². The molecule has 170 valence electrons. The molecule has 0 spiro atoms. The fraction of sp³-hybridized carbons (Fsp3) is 0.500. The summed E-state index contributed by atoms with van der Waals surface area (Å²) in [5.41, 5.74) is 5.65. The van der Waals surface area contributed by atoms with Crippen LogP contribution in [0.25, 0.3) is 11.0 Å². The van der Waals surface area contributed by atoms with Crippen LogP contribution in [0.4, 0.5) is 0 Å². The van der Waals surface area contributed by atoms with Crippen LogP contribution in [0.15, 0.2) is 23.1 Å². The van der Waals surface area contributed by atoms with Crippen molar-refractivity contribution in [3.8, 4) is 0 Å². The van der Waals surface area contributed by atoms with Crippen LogP contribution in [-0.4, -0.2) is 62.0 Å². The molecule has 2 aromatic heterocycles. The number of carbonyl (C=O) groups is 1. The van der Waals surface area contributed by atoms with E-state index in [0.717, 1.165) is 55.0 Å². The Labute approximate surface area is 188 Å². The molecule has 0 radical (unpaired) electrons. The molecular formula is C24H32N6O2. The van der Waals surface area contributed by atoms with Gasteiger partial charge in [-0.2, -0.15) is 0 Å². The van der Waals surface area contributed by atoms with E-state index in [0.29, 0.717) is 5.56 Å². The average molecular weight is 437 g/mol. The van der Waals surface area contributed by atoms with Crippen LogP contribution < -0.4 is 5.69 Å². The smallest absolute Gasteiger partial charge is 0.328 e. The summed E-state index contributed by atoms with van der Waals surface area (Å²) in [5.74, 6) is 0.997. The molecule has 1 aliphatic heterocycles. The van der Waals surface area contributed by atoms with Crippen molar-refractivity contribution >= 4 is 16.9 Å². The van der Waals surface area contributed by atoms with E-state index < -0.39 is 0 Å². The molecule has 1 atom stereocenters. The number of amides is 1. The Kier molecular flexibility index (Phi) is 5.90. The quantitative estimate of drug-likeness (QED) is 0.628. The molecule has 1 saturated heterocycles. The first kappa shape index (κ1) is 22.2. The lowest BCUT2D eigenvalue weighted by atomic mass is 9.96. The van der Waals surface area contributed by atoms with E-state index in [-0.39, 0.29) is 17.5 Å². The van der Waals surface area contributed by atoms with E-state index in [9.17, 15) is 9.59 Å². The Morgan fingerprint density at radius 3 is 2.50 bits per heavy atom. The zero-order valence-electron chi connectivity index (χ0n) is 19.8. The first-order valence-electron chi connectivity index (χ1n) is 11.1. The number of fused-ring (bicyclic) bond motifs is 1. The maximum atomic E-state index is 12.3. The monoisotopic (exact) mass is 436 g/mol. The Balaban J connectivity index is 1.54. The van der Waals surface area contributed by atoms with Gasteiger partial charge in [0.05, 0.1) is 22.3 Å². The van der Waals surface area contributed by atoms with Crippen LogP contribution >= 0.6 is 0 Å². The molecule has 1 unspecified atom stereocenters. The van der Waals surface area contributed by atoms with Crippen molar-refractivity contribution in [1.82, 2.24) is 28.9 Å². The van der Waals surface area contributed by atoms with E-state index in [1.54, 1.807) is 34.3 Å². The van der Waals surface area contributed by atoms with Gasteiger partial charge in [0.1, 0.15) is 5.82 Å². The fourth-order valence-corrected chi connectivity index (χ4v) is 4.65. The highest BCUT2D eigenvalue weighted by Crippen LogP contribution is 2.27. The van der Waals surface area contributed by atoms with Crippen molar-refractivity contribution < 1.29 is 4.79 Å². The summed E-state index contributed by atoms with van der Waals surface area (Å²) < 4.78 is 3.41. The molecule has 0 saturated carbocycles. The van der Waals surface area contributed by atoms with Gasteiger partial charge in [-0.15, -0.1) is 0 Å². The van der Waals surface area contributed by atoms with Crippen LogP contribution in [0.5, 0.6) is 0 Å². The Morgan fingerprint density at radius 1 is 1.16 bits per heavy atom. The zero-order chi connectivity index (χ0) is 23.2. The molecule has 1 aromatic carbocycles. The topological polar surface area (TPSA) is 76.3 Å². The van der Waals surface area contributed by atoms with Gasteiger partial charge in [0.25, 0.3) is 5.91 Å². The minimum Gasteiger partial charge on any atom is -0.345 e. The highest BCUT2D eigenvalue weighted by Gasteiger charge is 2.25. The highest BCUT2D eigenvalue weighted by molar-refractivity contribution is 5.94. The number of likely N-dealkylation sites (tertiary alicyclic amines) is 1. The lowest BCUT2D eigenvalue weighted by Crippen LogP contribution is -2.35. The third kappa shape index (κ3) is 3.95. The molecule has 1 fully saturated rings. The summed E-state index contributed by atoms with van der Waals surface area (Å²) in [7, 11) is 7.12. The van der Waals surface area contributed by atoms with Gasteiger partial charge in [-0.05, 0) is 56.5 Å². The number of hydrogen-bond donors (Lipinski definition) is 0. The molecule has 4 rings (SSSR count). The number of aryl methyl sites for hydroxylation is 4. The predicted octanol–water partition coefficient (Wildman–Crippen LogP) is 2.37. The molecule has 3 aromatic rings. The lowest BCUT2D eigenvalue weighted by Gasteiger charge is -2.32. The average Bonchev–Trinajstić information content (AvgIpc) is 2.97. The van der Waals surface area contributed by atoms with Crippen LogP contribution in [0.2, 0.25) is 0 Å². The van der Waals surface area contributed by atoms with E-state index >= 15 is 0 Å². The molecule has 8 heteroatoms. The van der Waals surface area contributed by atoms with E-state index in [1.165, 1.54) is 11.1 Å². The van der Waals surface area contributed by atoms with Crippen molar-refractivity contribution in [2.45, 2.75) is 39.2 Å². The standard InChI is InChI=1S/C24H32N6O2/c1-15-10-20-21(29(6)24(32)28(20)5)11-18(15)14-30-9-7-8-17(13-30)22-25-12-19(16(2)26-22)23(31)27(3)4/h10-12,17H,7-9,13-14H2,1-6H3. The SMILES string of the molecule is Cc1cc2c(cc1CN1CCCC(c3ncc(C(=O)N(C)C)c(C)n3)C1)n(C)c(=O)n2C. The minimum absolute atomic E-state index is 0.00157. The van der Waals surface area contributed by atoms with Crippen molar-refractivity contribution in [2.75, 3.05) is 27.2 Å². The van der Waals surface area contributed by atoms with Gasteiger partial charge in [-0.3, -0.25) is 18.8 Å². The molecule has 0 aliphatic carbocycles. The fourth-order valence-electron chi connectivity index (χ4n) is 4.65. The van der Waals surface area contributed by atoms with Crippen molar-refractivity contribution in [1.29, 1.82) is 0 Å². The Hall–Kier alpha value is -3.00. The molecule has 8 nitrogen and oxygen atoms in total. The van der Waals surface area contributed by atoms with E-state index in [1.807, 2.05) is 21.0 Å². The third-order valence-electron chi connectivity index (χ3n) is 6.63. The zero-order valence-corrected chi connectivity index (χ0v) is 19.8.